The van der Waals surface area contributed by atoms with Gasteiger partial charge in [0.1, 0.15) is 0 Å². The van der Waals surface area contributed by atoms with Crippen LogP contribution in [-0.4, -0.2) is 19.1 Å². The first kappa shape index (κ1) is 14.6. The van der Waals surface area contributed by atoms with E-state index in [1.807, 2.05) is 19.1 Å². The molecule has 0 aliphatic carbocycles. The first-order chi connectivity index (χ1) is 10.1. The molecule has 108 valence electrons. The van der Waals surface area contributed by atoms with Gasteiger partial charge < -0.3 is 10.1 Å². The molecule has 2 aromatic rings. The molecule has 0 radical (unpaired) electrons. The fourth-order valence-electron chi connectivity index (χ4n) is 1.79. The highest BCUT2D eigenvalue weighted by atomic mass is 16.5. The molecule has 5 nitrogen and oxygen atoms in total. The maximum atomic E-state index is 12.1. The van der Waals surface area contributed by atoms with Crippen molar-refractivity contribution in [2.45, 2.75) is 6.92 Å². The first-order valence-corrected chi connectivity index (χ1v) is 6.42. The zero-order valence-electron chi connectivity index (χ0n) is 11.8. The predicted molar refractivity (Wildman–Crippen MR) is 81.6 cm³/mol. The maximum absolute atomic E-state index is 12.1. The number of carbonyl (C=O) groups excluding carboxylic acids is 2. The van der Waals surface area contributed by atoms with Crippen LogP contribution in [0.25, 0.3) is 0 Å². The first-order valence-electron chi connectivity index (χ1n) is 6.42. The average molecular weight is 284 g/mol. The molecule has 0 aliphatic heterocycles. The normalized spacial score (nSPS) is 9.81. The van der Waals surface area contributed by atoms with E-state index in [1.165, 1.54) is 7.11 Å². The molecule has 0 aliphatic rings. The van der Waals surface area contributed by atoms with Crippen LogP contribution in [0.2, 0.25) is 0 Å². The molecule has 2 rings (SSSR count). The van der Waals surface area contributed by atoms with E-state index in [1.54, 1.807) is 36.4 Å². The number of rotatable bonds is 3. The lowest BCUT2D eigenvalue weighted by Crippen LogP contribution is -2.14. The minimum atomic E-state index is -0.551. The van der Waals surface area contributed by atoms with Gasteiger partial charge in [-0.15, -0.1) is 0 Å². The Morgan fingerprint density at radius 3 is 2.38 bits per heavy atom. The van der Waals surface area contributed by atoms with Gasteiger partial charge in [-0.05, 0) is 36.8 Å². The highest BCUT2D eigenvalue weighted by Crippen LogP contribution is 2.21. The molecule has 0 heterocycles. The minimum Gasteiger partial charge on any atom is -0.453 e. The smallest absolute Gasteiger partial charge is 0.411 e. The summed E-state index contributed by atoms with van der Waals surface area (Å²) in [5.41, 5.74) is 2.63. The van der Waals surface area contributed by atoms with Crippen molar-refractivity contribution in [3.05, 3.63) is 59.7 Å². The molecule has 0 saturated heterocycles. The van der Waals surface area contributed by atoms with Crippen molar-refractivity contribution >= 4 is 23.4 Å². The SMILES string of the molecule is COC(=O)Nc1cc(NC(=O)c2ccccc2)ccc1C. The van der Waals surface area contributed by atoms with Gasteiger partial charge in [0.15, 0.2) is 0 Å². The minimum absolute atomic E-state index is 0.205. The van der Waals surface area contributed by atoms with Crippen LogP contribution in [0.3, 0.4) is 0 Å². The Morgan fingerprint density at radius 2 is 1.71 bits per heavy atom. The molecular weight excluding hydrogens is 268 g/mol. The molecule has 0 bridgehead atoms. The Labute approximate surface area is 122 Å². The van der Waals surface area contributed by atoms with Gasteiger partial charge in [0.05, 0.1) is 7.11 Å². The second-order valence-corrected chi connectivity index (χ2v) is 4.47. The monoisotopic (exact) mass is 284 g/mol. The van der Waals surface area contributed by atoms with Crippen molar-refractivity contribution in [3.8, 4) is 0 Å². The molecule has 2 N–H and O–H groups in total. The second-order valence-electron chi connectivity index (χ2n) is 4.47. The summed E-state index contributed by atoms with van der Waals surface area (Å²) in [7, 11) is 1.30. The van der Waals surface area contributed by atoms with Crippen LogP contribution >= 0.6 is 0 Å². The zero-order valence-corrected chi connectivity index (χ0v) is 11.8. The summed E-state index contributed by atoms with van der Waals surface area (Å²) < 4.78 is 4.56. The van der Waals surface area contributed by atoms with Crippen LogP contribution in [0.4, 0.5) is 16.2 Å². The van der Waals surface area contributed by atoms with Crippen LogP contribution in [0.1, 0.15) is 15.9 Å². The number of anilines is 2. The fourth-order valence-corrected chi connectivity index (χ4v) is 1.79. The van der Waals surface area contributed by atoms with Gasteiger partial charge >= 0.3 is 6.09 Å². The summed E-state index contributed by atoms with van der Waals surface area (Å²) in [6.07, 6.45) is -0.551. The van der Waals surface area contributed by atoms with Gasteiger partial charge in [-0.3, -0.25) is 10.1 Å². The number of carbonyl (C=O) groups is 2. The second kappa shape index (κ2) is 6.56. The lowest BCUT2D eigenvalue weighted by molar-refractivity contribution is 0.102. The van der Waals surface area contributed by atoms with E-state index in [0.29, 0.717) is 16.9 Å². The number of aryl methyl sites for hydroxylation is 1. The third-order valence-corrected chi connectivity index (χ3v) is 2.95. The molecule has 0 aromatic heterocycles. The molecule has 0 fully saturated rings. The number of methoxy groups -OCH3 is 1. The molecular formula is C16H16N2O3. The highest BCUT2D eigenvalue weighted by molar-refractivity contribution is 6.04. The molecule has 5 heteroatoms. The lowest BCUT2D eigenvalue weighted by Gasteiger charge is -2.11. The van der Waals surface area contributed by atoms with Gasteiger partial charge in [-0.1, -0.05) is 24.3 Å². The zero-order chi connectivity index (χ0) is 15.2. The third kappa shape index (κ3) is 3.82. The van der Waals surface area contributed by atoms with Gasteiger partial charge in [0.25, 0.3) is 5.91 Å². The summed E-state index contributed by atoms with van der Waals surface area (Å²) in [5.74, 6) is -0.205. The van der Waals surface area contributed by atoms with Gasteiger partial charge in [-0.2, -0.15) is 0 Å². The summed E-state index contributed by atoms with van der Waals surface area (Å²) in [4.78, 5) is 23.3. The van der Waals surface area contributed by atoms with Crippen LogP contribution < -0.4 is 10.6 Å². The largest absolute Gasteiger partial charge is 0.453 e. The number of hydrogen-bond acceptors (Lipinski definition) is 3. The van der Waals surface area contributed by atoms with E-state index in [0.717, 1.165) is 5.56 Å². The number of benzene rings is 2. The maximum Gasteiger partial charge on any atom is 0.411 e. The van der Waals surface area contributed by atoms with E-state index in [9.17, 15) is 9.59 Å². The van der Waals surface area contributed by atoms with Crippen molar-refractivity contribution in [1.29, 1.82) is 0 Å². The number of nitrogens with one attached hydrogen (secondary N) is 2. The van der Waals surface area contributed by atoms with E-state index >= 15 is 0 Å². The Balaban J connectivity index is 2.16. The van der Waals surface area contributed by atoms with Crippen molar-refractivity contribution < 1.29 is 14.3 Å². The molecule has 2 aromatic carbocycles. The molecule has 0 spiro atoms. The third-order valence-electron chi connectivity index (χ3n) is 2.95. The Kier molecular flexibility index (Phi) is 4.56. The van der Waals surface area contributed by atoms with E-state index in [4.69, 9.17) is 0 Å². The summed E-state index contributed by atoms with van der Waals surface area (Å²) in [6, 6.07) is 14.2. The summed E-state index contributed by atoms with van der Waals surface area (Å²) >= 11 is 0. The van der Waals surface area contributed by atoms with Gasteiger partial charge in [0.2, 0.25) is 0 Å². The summed E-state index contributed by atoms with van der Waals surface area (Å²) in [5, 5.41) is 5.39. The van der Waals surface area contributed by atoms with E-state index < -0.39 is 6.09 Å². The Morgan fingerprint density at radius 1 is 1.00 bits per heavy atom. The molecule has 0 atom stereocenters. The van der Waals surface area contributed by atoms with Crippen molar-refractivity contribution in [2.75, 3.05) is 17.7 Å². The van der Waals surface area contributed by atoms with Crippen molar-refractivity contribution in [1.82, 2.24) is 0 Å². The topological polar surface area (TPSA) is 67.4 Å². The van der Waals surface area contributed by atoms with Crippen LogP contribution in [-0.2, 0) is 4.74 Å². The number of hydrogen-bond donors (Lipinski definition) is 2. The van der Waals surface area contributed by atoms with Crippen LogP contribution in [0.15, 0.2) is 48.5 Å². The molecule has 0 saturated carbocycles. The average Bonchev–Trinajstić information content (AvgIpc) is 2.51. The lowest BCUT2D eigenvalue weighted by atomic mass is 10.1. The summed E-state index contributed by atoms with van der Waals surface area (Å²) in [6.45, 7) is 1.86. The van der Waals surface area contributed by atoms with E-state index in [-0.39, 0.29) is 5.91 Å². The Bertz CT molecular complexity index is 654. The molecule has 2 amide bonds. The molecule has 0 unspecified atom stereocenters. The van der Waals surface area contributed by atoms with E-state index in [2.05, 4.69) is 15.4 Å². The van der Waals surface area contributed by atoms with Crippen LogP contribution in [0.5, 0.6) is 0 Å². The Hall–Kier alpha value is -2.82. The number of amides is 2. The molecule has 21 heavy (non-hydrogen) atoms. The quantitative estimate of drug-likeness (QED) is 0.907. The standard InChI is InChI=1S/C16H16N2O3/c1-11-8-9-13(10-14(11)18-16(20)21-2)17-15(19)12-6-4-3-5-7-12/h3-10H,1-2H3,(H,17,19)(H,18,20). The van der Waals surface area contributed by atoms with Gasteiger partial charge in [-0.25, -0.2) is 4.79 Å². The fraction of sp³-hybridized carbons (Fsp3) is 0.125. The van der Waals surface area contributed by atoms with Gasteiger partial charge in [0, 0.05) is 16.9 Å². The van der Waals surface area contributed by atoms with Crippen molar-refractivity contribution in [2.24, 2.45) is 0 Å². The number of ether oxygens (including phenoxy) is 1. The van der Waals surface area contributed by atoms with Crippen molar-refractivity contribution in [3.63, 3.8) is 0 Å². The highest BCUT2D eigenvalue weighted by Gasteiger charge is 2.08. The van der Waals surface area contributed by atoms with Crippen LogP contribution in [0, 0.1) is 6.92 Å². The predicted octanol–water partition coefficient (Wildman–Crippen LogP) is 3.43.